The molecule has 0 bridgehead atoms. The zero-order valence-electron chi connectivity index (χ0n) is 13.8. The van der Waals surface area contributed by atoms with Crippen LogP contribution in [0.2, 0.25) is 5.02 Å². The number of rotatable bonds is 3. The molecule has 0 radical (unpaired) electrons. The molecule has 2 aliphatic rings. The van der Waals surface area contributed by atoms with Crippen LogP contribution in [0, 0.1) is 5.92 Å². The van der Waals surface area contributed by atoms with Crippen molar-refractivity contribution in [3.63, 3.8) is 0 Å². The number of hydrogen-bond donors (Lipinski definition) is 2. The Morgan fingerprint density at radius 2 is 1.79 bits per heavy atom. The second kappa shape index (κ2) is 7.88. The molecule has 0 spiro atoms. The number of benzene rings is 1. The number of halogens is 1. The predicted molar refractivity (Wildman–Crippen MR) is 95.2 cm³/mol. The quantitative estimate of drug-likeness (QED) is 0.875. The van der Waals surface area contributed by atoms with Gasteiger partial charge in [0.25, 0.3) is 0 Å². The summed E-state index contributed by atoms with van der Waals surface area (Å²) in [6.45, 7) is 1.31. The van der Waals surface area contributed by atoms with Crippen molar-refractivity contribution >= 4 is 29.2 Å². The highest BCUT2D eigenvalue weighted by molar-refractivity contribution is 6.30. The number of urea groups is 1. The number of likely N-dealkylation sites (tertiary alicyclic amines) is 1. The molecule has 3 rings (SSSR count). The van der Waals surface area contributed by atoms with Crippen LogP contribution in [0.3, 0.4) is 0 Å². The van der Waals surface area contributed by atoms with Gasteiger partial charge in [-0.1, -0.05) is 30.5 Å². The Morgan fingerprint density at radius 1 is 1.08 bits per heavy atom. The average Bonchev–Trinajstić information content (AvgIpc) is 3.10. The van der Waals surface area contributed by atoms with Gasteiger partial charge >= 0.3 is 6.03 Å². The fraction of sp³-hybridized carbons (Fsp3) is 0.556. The lowest BCUT2D eigenvalue weighted by molar-refractivity contribution is -0.125. The molecule has 130 valence electrons. The number of piperidine rings is 1. The van der Waals surface area contributed by atoms with E-state index in [1.165, 1.54) is 12.8 Å². The first kappa shape index (κ1) is 17.1. The normalized spacial score (nSPS) is 19.3. The summed E-state index contributed by atoms with van der Waals surface area (Å²) in [6.07, 6.45) is 5.99. The van der Waals surface area contributed by atoms with Crippen molar-refractivity contribution in [3.8, 4) is 0 Å². The molecule has 1 heterocycles. The van der Waals surface area contributed by atoms with Crippen LogP contribution in [0.5, 0.6) is 0 Å². The van der Waals surface area contributed by atoms with Gasteiger partial charge in [-0.2, -0.15) is 0 Å². The summed E-state index contributed by atoms with van der Waals surface area (Å²) >= 11 is 5.93. The van der Waals surface area contributed by atoms with E-state index >= 15 is 0 Å². The summed E-state index contributed by atoms with van der Waals surface area (Å²) in [6, 6.07) is 7.20. The van der Waals surface area contributed by atoms with Crippen LogP contribution in [0.15, 0.2) is 24.3 Å². The fourth-order valence-corrected chi connectivity index (χ4v) is 3.69. The minimum atomic E-state index is -0.113. The smallest absolute Gasteiger partial charge is 0.321 e. The Labute approximate surface area is 147 Å². The fourth-order valence-electron chi connectivity index (χ4n) is 3.50. The van der Waals surface area contributed by atoms with E-state index in [-0.39, 0.29) is 23.9 Å². The van der Waals surface area contributed by atoms with Crippen molar-refractivity contribution < 1.29 is 9.59 Å². The summed E-state index contributed by atoms with van der Waals surface area (Å²) < 4.78 is 0. The van der Waals surface area contributed by atoms with Gasteiger partial charge < -0.3 is 15.5 Å². The first-order valence-corrected chi connectivity index (χ1v) is 9.11. The SMILES string of the molecule is O=C(NC1CCN(C(=O)Nc2cccc(Cl)c2)CC1)C1CCCC1. The first-order valence-electron chi connectivity index (χ1n) is 8.74. The first-order chi connectivity index (χ1) is 11.6. The number of amides is 3. The molecule has 1 saturated heterocycles. The van der Waals surface area contributed by atoms with Gasteiger partial charge in [0.15, 0.2) is 0 Å². The van der Waals surface area contributed by atoms with E-state index in [9.17, 15) is 9.59 Å². The number of carbonyl (C=O) groups is 2. The Kier molecular flexibility index (Phi) is 5.61. The maximum Gasteiger partial charge on any atom is 0.321 e. The van der Waals surface area contributed by atoms with Gasteiger partial charge in [-0.15, -0.1) is 0 Å². The standard InChI is InChI=1S/C18H24ClN3O2/c19-14-6-3-7-16(12-14)21-18(24)22-10-8-15(9-11-22)20-17(23)13-4-1-2-5-13/h3,6-7,12-13,15H,1-2,4-5,8-11H2,(H,20,23)(H,21,24). The lowest BCUT2D eigenvalue weighted by Gasteiger charge is -2.33. The topological polar surface area (TPSA) is 61.4 Å². The Hall–Kier alpha value is -1.75. The third-order valence-electron chi connectivity index (χ3n) is 4.93. The van der Waals surface area contributed by atoms with Crippen LogP contribution in [-0.4, -0.2) is 36.0 Å². The van der Waals surface area contributed by atoms with Crippen LogP contribution in [-0.2, 0) is 4.79 Å². The number of carbonyl (C=O) groups excluding carboxylic acids is 2. The largest absolute Gasteiger partial charge is 0.353 e. The molecule has 1 saturated carbocycles. The van der Waals surface area contributed by atoms with Crippen LogP contribution >= 0.6 is 11.6 Å². The summed E-state index contributed by atoms with van der Waals surface area (Å²) in [7, 11) is 0. The maximum absolute atomic E-state index is 12.3. The number of anilines is 1. The summed E-state index contributed by atoms with van der Waals surface area (Å²) in [5, 5.41) is 6.63. The zero-order chi connectivity index (χ0) is 16.9. The van der Waals surface area contributed by atoms with Crippen molar-refractivity contribution in [1.82, 2.24) is 10.2 Å². The highest BCUT2D eigenvalue weighted by Gasteiger charge is 2.27. The summed E-state index contributed by atoms with van der Waals surface area (Å²) in [5.41, 5.74) is 0.698. The molecule has 0 unspecified atom stereocenters. The maximum atomic E-state index is 12.3. The van der Waals surface area contributed by atoms with Gasteiger partial charge in [0.05, 0.1) is 0 Å². The molecule has 24 heavy (non-hydrogen) atoms. The highest BCUT2D eigenvalue weighted by Crippen LogP contribution is 2.25. The van der Waals surface area contributed by atoms with Crippen LogP contribution in [0.4, 0.5) is 10.5 Å². The third-order valence-corrected chi connectivity index (χ3v) is 5.17. The van der Waals surface area contributed by atoms with Gasteiger partial charge in [0.1, 0.15) is 0 Å². The van der Waals surface area contributed by atoms with Gasteiger partial charge in [-0.05, 0) is 43.9 Å². The van der Waals surface area contributed by atoms with E-state index in [0.29, 0.717) is 23.8 Å². The van der Waals surface area contributed by atoms with Crippen molar-refractivity contribution in [1.29, 1.82) is 0 Å². The van der Waals surface area contributed by atoms with Crippen LogP contribution < -0.4 is 10.6 Å². The molecule has 0 atom stereocenters. The van der Waals surface area contributed by atoms with E-state index in [0.717, 1.165) is 25.7 Å². The van der Waals surface area contributed by atoms with E-state index in [1.54, 1.807) is 17.0 Å². The Bertz CT molecular complexity index is 594. The molecular weight excluding hydrogens is 326 g/mol. The van der Waals surface area contributed by atoms with Gasteiger partial charge in [0.2, 0.25) is 5.91 Å². The van der Waals surface area contributed by atoms with Crippen LogP contribution in [0.1, 0.15) is 38.5 Å². The Balaban J connectivity index is 1.44. The number of hydrogen-bond acceptors (Lipinski definition) is 2. The van der Waals surface area contributed by atoms with E-state index < -0.39 is 0 Å². The van der Waals surface area contributed by atoms with Crippen LogP contribution in [0.25, 0.3) is 0 Å². The van der Waals surface area contributed by atoms with Gasteiger partial charge in [0, 0.05) is 35.8 Å². The molecule has 6 heteroatoms. The highest BCUT2D eigenvalue weighted by atomic mass is 35.5. The molecule has 2 fully saturated rings. The number of nitrogens with one attached hydrogen (secondary N) is 2. The van der Waals surface area contributed by atoms with E-state index in [4.69, 9.17) is 11.6 Å². The Morgan fingerprint density at radius 3 is 2.46 bits per heavy atom. The second-order valence-corrected chi connectivity index (χ2v) is 7.13. The second-order valence-electron chi connectivity index (χ2n) is 6.69. The molecule has 1 aliphatic heterocycles. The lowest BCUT2D eigenvalue weighted by Crippen LogP contribution is -2.48. The molecule has 1 aromatic carbocycles. The third kappa shape index (κ3) is 4.41. The van der Waals surface area contributed by atoms with E-state index in [1.807, 2.05) is 12.1 Å². The van der Waals surface area contributed by atoms with Crippen molar-refractivity contribution in [2.45, 2.75) is 44.6 Å². The summed E-state index contributed by atoms with van der Waals surface area (Å²) in [5.74, 6) is 0.406. The van der Waals surface area contributed by atoms with Crippen molar-refractivity contribution in [2.24, 2.45) is 5.92 Å². The number of nitrogens with zero attached hydrogens (tertiary/aromatic N) is 1. The van der Waals surface area contributed by atoms with Gasteiger partial charge in [-0.3, -0.25) is 4.79 Å². The molecule has 0 aromatic heterocycles. The minimum Gasteiger partial charge on any atom is -0.353 e. The molecule has 3 amide bonds. The molecule has 1 aliphatic carbocycles. The van der Waals surface area contributed by atoms with Gasteiger partial charge in [-0.25, -0.2) is 4.79 Å². The molecule has 1 aromatic rings. The van der Waals surface area contributed by atoms with E-state index in [2.05, 4.69) is 10.6 Å². The predicted octanol–water partition coefficient (Wildman–Crippen LogP) is 3.64. The molecular formula is C18H24ClN3O2. The van der Waals surface area contributed by atoms with Crippen molar-refractivity contribution in [2.75, 3.05) is 18.4 Å². The monoisotopic (exact) mass is 349 g/mol. The zero-order valence-corrected chi connectivity index (χ0v) is 14.5. The molecule has 2 N–H and O–H groups in total. The summed E-state index contributed by atoms with van der Waals surface area (Å²) in [4.78, 5) is 26.3. The van der Waals surface area contributed by atoms with Crippen molar-refractivity contribution in [3.05, 3.63) is 29.3 Å². The minimum absolute atomic E-state index is 0.113. The average molecular weight is 350 g/mol. The lowest BCUT2D eigenvalue weighted by atomic mass is 10.0. The molecule has 5 nitrogen and oxygen atoms in total.